The number of carbonyl (C=O) groups excluding carboxylic acids is 1. The number of carbonyl (C=O) groups is 1. The van der Waals surface area contributed by atoms with Gasteiger partial charge < -0.3 is 19.2 Å². The first-order valence-corrected chi connectivity index (χ1v) is 13.1. The lowest BCUT2D eigenvalue weighted by molar-refractivity contribution is 0.0751. The highest BCUT2D eigenvalue weighted by Gasteiger charge is 2.36. The molecule has 2 fully saturated rings. The summed E-state index contributed by atoms with van der Waals surface area (Å²) in [5.41, 5.74) is 4.15. The van der Waals surface area contributed by atoms with Crippen molar-refractivity contribution in [2.75, 3.05) is 36.6 Å². The van der Waals surface area contributed by atoms with Crippen LogP contribution in [0, 0.1) is 5.41 Å². The third-order valence-corrected chi connectivity index (χ3v) is 8.37. The Morgan fingerprint density at radius 1 is 1.18 bits per heavy atom. The van der Waals surface area contributed by atoms with Gasteiger partial charge in [-0.25, -0.2) is 9.97 Å². The van der Waals surface area contributed by atoms with Crippen LogP contribution < -0.4 is 9.64 Å². The molecule has 0 unspecified atom stereocenters. The molecule has 0 bridgehead atoms. The third-order valence-electron chi connectivity index (χ3n) is 7.10. The monoisotopic (exact) mass is 466 g/mol. The lowest BCUT2D eigenvalue weighted by Gasteiger charge is -2.31. The van der Waals surface area contributed by atoms with Crippen LogP contribution in [0.1, 0.15) is 49.4 Å². The van der Waals surface area contributed by atoms with Crippen molar-refractivity contribution < 1.29 is 14.1 Å². The number of aromatic amines is 1. The number of Topliss-reactive ketones (excluding diaryl/α,β-unsaturated/α-hetero) is 1. The molecule has 7 nitrogen and oxygen atoms in total. The number of hydrogen-bond donors (Lipinski definition) is 1. The van der Waals surface area contributed by atoms with Crippen molar-refractivity contribution in [1.82, 2.24) is 15.0 Å². The number of benzene rings is 1. The molecular weight excluding hydrogens is 436 g/mol. The van der Waals surface area contributed by atoms with E-state index in [2.05, 4.69) is 27.9 Å². The van der Waals surface area contributed by atoms with E-state index in [-0.39, 0.29) is 11.2 Å². The van der Waals surface area contributed by atoms with E-state index in [0.29, 0.717) is 33.9 Å². The fourth-order valence-electron chi connectivity index (χ4n) is 5.02. The second-order valence-corrected chi connectivity index (χ2v) is 11.1. The number of nitrogens with one attached hydrogen (secondary N) is 1. The zero-order valence-electron chi connectivity index (χ0n) is 19.2. The van der Waals surface area contributed by atoms with Crippen LogP contribution in [-0.4, -0.2) is 57.0 Å². The molecular formula is C25H30N4O3S. The minimum absolute atomic E-state index is 0.160. The fourth-order valence-corrected chi connectivity index (χ4v) is 6.07. The van der Waals surface area contributed by atoms with E-state index < -0.39 is 11.2 Å². The fraction of sp³-hybridized carbons (Fsp3) is 0.480. The van der Waals surface area contributed by atoms with E-state index in [1.54, 1.807) is 19.5 Å². The molecule has 1 aromatic carbocycles. The van der Waals surface area contributed by atoms with Crippen molar-refractivity contribution in [2.45, 2.75) is 39.0 Å². The van der Waals surface area contributed by atoms with Gasteiger partial charge in [-0.15, -0.1) is 0 Å². The highest BCUT2D eigenvalue weighted by Crippen LogP contribution is 2.40. The van der Waals surface area contributed by atoms with E-state index >= 15 is 0 Å². The molecule has 2 aromatic heterocycles. The summed E-state index contributed by atoms with van der Waals surface area (Å²) in [6.45, 7) is 3.59. The zero-order valence-corrected chi connectivity index (χ0v) is 20.0. The summed E-state index contributed by atoms with van der Waals surface area (Å²) in [5, 5.41) is 0. The Labute approximate surface area is 197 Å². The predicted molar refractivity (Wildman–Crippen MR) is 131 cm³/mol. The van der Waals surface area contributed by atoms with Crippen LogP contribution >= 0.6 is 0 Å². The van der Waals surface area contributed by atoms with Gasteiger partial charge in [-0.05, 0) is 25.0 Å². The van der Waals surface area contributed by atoms with Crippen molar-refractivity contribution in [3.8, 4) is 17.0 Å². The molecule has 1 N–H and O–H groups in total. The first-order valence-electron chi connectivity index (χ1n) is 11.7. The van der Waals surface area contributed by atoms with Gasteiger partial charge in [0.05, 0.1) is 37.7 Å². The number of anilines is 1. The first kappa shape index (κ1) is 22.2. The van der Waals surface area contributed by atoms with Crippen LogP contribution in [-0.2, 0) is 11.2 Å². The van der Waals surface area contributed by atoms with E-state index in [1.165, 1.54) is 6.42 Å². The van der Waals surface area contributed by atoms with Crippen molar-refractivity contribution in [2.24, 2.45) is 5.41 Å². The molecule has 0 atom stereocenters. The molecule has 0 spiro atoms. The van der Waals surface area contributed by atoms with Crippen LogP contribution in [0.5, 0.6) is 5.75 Å². The number of hydrogen-bond acceptors (Lipinski definition) is 6. The highest BCUT2D eigenvalue weighted by molar-refractivity contribution is 7.91. The van der Waals surface area contributed by atoms with E-state index in [0.717, 1.165) is 55.8 Å². The first-order chi connectivity index (χ1) is 16.0. The molecule has 1 aliphatic heterocycles. The lowest BCUT2D eigenvalue weighted by Crippen LogP contribution is -2.40. The molecule has 3 aromatic rings. The molecule has 5 rings (SSSR count). The normalized spacial score (nSPS) is 19.1. The largest absolute Gasteiger partial charge is 0.616 e. The smallest absolute Gasteiger partial charge is 0.172 e. The molecule has 174 valence electrons. The Morgan fingerprint density at radius 3 is 2.67 bits per heavy atom. The number of ketones is 1. The molecule has 1 aliphatic carbocycles. The average Bonchev–Trinajstić information content (AvgIpc) is 3.27. The topological polar surface area (TPSA) is 94.2 Å². The van der Waals surface area contributed by atoms with Crippen LogP contribution in [0.3, 0.4) is 0 Å². The number of nitrogens with zero attached hydrogens (tertiary/aromatic N) is 3. The summed E-state index contributed by atoms with van der Waals surface area (Å²) in [6, 6.07) is 6.01. The van der Waals surface area contributed by atoms with Crippen LogP contribution in [0.15, 0.2) is 30.6 Å². The molecule has 1 saturated carbocycles. The van der Waals surface area contributed by atoms with Gasteiger partial charge in [-0.3, -0.25) is 4.79 Å². The number of H-pyrrole nitrogens is 1. The number of fused-ring (bicyclic) bond motifs is 1. The molecule has 8 heteroatoms. The molecule has 0 amide bonds. The van der Waals surface area contributed by atoms with Gasteiger partial charge in [0.25, 0.3) is 0 Å². The Kier molecular flexibility index (Phi) is 6.05. The van der Waals surface area contributed by atoms with Crippen molar-refractivity contribution in [3.63, 3.8) is 0 Å². The second kappa shape index (κ2) is 8.99. The predicted octanol–water partition coefficient (Wildman–Crippen LogP) is 4.36. The van der Waals surface area contributed by atoms with Gasteiger partial charge in [0.1, 0.15) is 22.8 Å². The Hall–Kier alpha value is -2.58. The zero-order chi connectivity index (χ0) is 23.0. The molecule has 3 heterocycles. The molecule has 2 aliphatic rings. The van der Waals surface area contributed by atoms with E-state index in [4.69, 9.17) is 9.72 Å². The minimum atomic E-state index is -0.738. The summed E-state index contributed by atoms with van der Waals surface area (Å²) in [4.78, 5) is 28.3. The Bertz CT molecular complexity index is 1160. The maximum absolute atomic E-state index is 13.5. The van der Waals surface area contributed by atoms with Crippen LogP contribution in [0.2, 0.25) is 0 Å². The molecule has 33 heavy (non-hydrogen) atoms. The minimum Gasteiger partial charge on any atom is -0.616 e. The Morgan fingerprint density at radius 2 is 1.94 bits per heavy atom. The van der Waals surface area contributed by atoms with Crippen molar-refractivity contribution >= 4 is 33.8 Å². The summed E-state index contributed by atoms with van der Waals surface area (Å²) in [6.07, 6.45) is 8.74. The lowest BCUT2D eigenvalue weighted by atomic mass is 9.71. The maximum atomic E-state index is 13.5. The number of rotatable bonds is 5. The molecule has 1 saturated heterocycles. The SMILES string of the molecule is COc1cc(-c2cnc3[nH]cc(C(=O)C4(C)CCCCC4)c3n2)cc(N2CC[S+]([O-])CC2)c1. The van der Waals surface area contributed by atoms with Crippen LogP contribution in [0.4, 0.5) is 5.69 Å². The molecule has 0 radical (unpaired) electrons. The van der Waals surface area contributed by atoms with Crippen LogP contribution in [0.25, 0.3) is 22.4 Å². The summed E-state index contributed by atoms with van der Waals surface area (Å²) in [5.74, 6) is 2.24. The van der Waals surface area contributed by atoms with Gasteiger partial charge in [-0.1, -0.05) is 37.4 Å². The number of methoxy groups -OCH3 is 1. The average molecular weight is 467 g/mol. The van der Waals surface area contributed by atoms with Gasteiger partial charge >= 0.3 is 0 Å². The van der Waals surface area contributed by atoms with Gasteiger partial charge in [0, 0.05) is 28.9 Å². The number of ether oxygens (including phenoxy) is 1. The van der Waals surface area contributed by atoms with Gasteiger partial charge in [-0.2, -0.15) is 0 Å². The van der Waals surface area contributed by atoms with Gasteiger partial charge in [0.15, 0.2) is 11.4 Å². The summed E-state index contributed by atoms with van der Waals surface area (Å²) in [7, 11) is 1.65. The van der Waals surface area contributed by atoms with E-state index in [1.807, 2.05) is 12.1 Å². The van der Waals surface area contributed by atoms with Crippen molar-refractivity contribution in [1.29, 1.82) is 0 Å². The summed E-state index contributed by atoms with van der Waals surface area (Å²) < 4.78 is 17.3. The highest BCUT2D eigenvalue weighted by atomic mass is 32.2. The summed E-state index contributed by atoms with van der Waals surface area (Å²) >= 11 is -0.738. The second-order valence-electron chi connectivity index (χ2n) is 9.36. The van der Waals surface area contributed by atoms with Gasteiger partial charge in [0.2, 0.25) is 0 Å². The van der Waals surface area contributed by atoms with E-state index in [9.17, 15) is 9.35 Å². The maximum Gasteiger partial charge on any atom is 0.172 e. The Balaban J connectivity index is 1.52. The number of aromatic nitrogens is 3. The standard InChI is InChI=1S/C25H30N4O3S/c1-25(6-4-3-5-7-25)23(30)20-15-26-24-22(20)28-21(16-27-24)17-12-18(14-19(13-17)32-2)29-8-10-33(31)11-9-29/h12-16H,3-11H2,1-2H3,(H,26,27). The quantitative estimate of drug-likeness (QED) is 0.444. The van der Waals surface area contributed by atoms with Crippen molar-refractivity contribution in [3.05, 3.63) is 36.2 Å². The third kappa shape index (κ3) is 4.34.